The fraction of sp³-hybridized carbons (Fsp3) is 0.273. The smallest absolute Gasteiger partial charge is 0.273 e. The summed E-state index contributed by atoms with van der Waals surface area (Å²) in [6.07, 6.45) is 3.24. The first-order chi connectivity index (χ1) is 9.20. The van der Waals surface area contributed by atoms with Gasteiger partial charge in [0.2, 0.25) is 0 Å². The van der Waals surface area contributed by atoms with E-state index in [0.717, 1.165) is 0 Å². The molecule has 1 aromatic carbocycles. The summed E-state index contributed by atoms with van der Waals surface area (Å²) in [4.78, 5) is 10.2. The Morgan fingerprint density at radius 1 is 1.42 bits per heavy atom. The van der Waals surface area contributed by atoms with Crippen LogP contribution in [0.15, 0.2) is 30.9 Å². The molecule has 0 bridgehead atoms. The number of nitrogens with one attached hydrogen (secondary N) is 1. The van der Waals surface area contributed by atoms with Gasteiger partial charge in [0.15, 0.2) is 0 Å². The number of hydrogen-bond donors (Lipinski definition) is 1. The van der Waals surface area contributed by atoms with Crippen LogP contribution in [0.5, 0.6) is 5.75 Å². The predicted molar refractivity (Wildman–Crippen MR) is 68.2 cm³/mol. The molecule has 19 heavy (non-hydrogen) atoms. The van der Waals surface area contributed by atoms with Gasteiger partial charge in [-0.15, -0.1) is 10.2 Å². The number of hydrogen-bond acceptors (Lipinski definition) is 6. The van der Waals surface area contributed by atoms with E-state index in [-0.39, 0.29) is 5.69 Å². The lowest BCUT2D eigenvalue weighted by molar-refractivity contribution is -0.384. The Labute approximate surface area is 109 Å². The van der Waals surface area contributed by atoms with Crippen molar-refractivity contribution in [2.75, 3.05) is 19.0 Å². The lowest BCUT2D eigenvalue weighted by Gasteiger charge is -2.10. The Kier molecular flexibility index (Phi) is 3.91. The molecule has 2 aromatic rings. The number of nitro groups is 1. The van der Waals surface area contributed by atoms with E-state index in [9.17, 15) is 10.1 Å². The zero-order valence-electron chi connectivity index (χ0n) is 10.3. The Morgan fingerprint density at radius 2 is 2.16 bits per heavy atom. The molecule has 1 heterocycles. The molecule has 2 rings (SSSR count). The van der Waals surface area contributed by atoms with Crippen LogP contribution in [0.1, 0.15) is 0 Å². The molecule has 1 aromatic heterocycles. The Bertz CT molecular complexity index is 555. The second kappa shape index (κ2) is 5.80. The highest BCUT2D eigenvalue weighted by Crippen LogP contribution is 2.28. The van der Waals surface area contributed by atoms with Gasteiger partial charge in [0.25, 0.3) is 5.69 Å². The van der Waals surface area contributed by atoms with Gasteiger partial charge in [-0.2, -0.15) is 0 Å². The van der Waals surface area contributed by atoms with Crippen LogP contribution >= 0.6 is 0 Å². The second-order valence-electron chi connectivity index (χ2n) is 3.77. The van der Waals surface area contributed by atoms with Crippen molar-refractivity contribution in [2.24, 2.45) is 0 Å². The highest BCUT2D eigenvalue weighted by atomic mass is 16.6. The summed E-state index contributed by atoms with van der Waals surface area (Å²) in [6, 6.07) is 4.45. The topological polar surface area (TPSA) is 95.1 Å². The van der Waals surface area contributed by atoms with Crippen molar-refractivity contribution in [3.05, 3.63) is 41.0 Å². The molecule has 0 saturated heterocycles. The molecular weight excluding hydrogens is 250 g/mol. The van der Waals surface area contributed by atoms with Crippen LogP contribution in [0, 0.1) is 10.1 Å². The van der Waals surface area contributed by atoms with E-state index in [1.165, 1.54) is 19.2 Å². The Balaban J connectivity index is 2.01. The molecule has 100 valence electrons. The van der Waals surface area contributed by atoms with Crippen molar-refractivity contribution in [3.8, 4) is 5.75 Å². The SMILES string of the molecule is COc1cc([N+](=O)[O-])ccc1NCCn1cnnc1. The highest BCUT2D eigenvalue weighted by molar-refractivity contribution is 5.60. The molecule has 0 aliphatic heterocycles. The van der Waals surface area contributed by atoms with Crippen molar-refractivity contribution >= 4 is 11.4 Å². The van der Waals surface area contributed by atoms with Gasteiger partial charge in [0.05, 0.1) is 23.8 Å². The predicted octanol–water partition coefficient (Wildman–Crippen LogP) is 1.31. The summed E-state index contributed by atoms with van der Waals surface area (Å²) in [7, 11) is 1.48. The number of aromatic nitrogens is 3. The molecule has 0 aliphatic rings. The van der Waals surface area contributed by atoms with Crippen molar-refractivity contribution < 1.29 is 9.66 Å². The van der Waals surface area contributed by atoms with Crippen LogP contribution in [0.4, 0.5) is 11.4 Å². The first kappa shape index (κ1) is 12.8. The number of anilines is 1. The highest BCUT2D eigenvalue weighted by Gasteiger charge is 2.10. The third-order valence-electron chi connectivity index (χ3n) is 2.55. The minimum absolute atomic E-state index is 0.00112. The van der Waals surface area contributed by atoms with Crippen LogP contribution in [0.2, 0.25) is 0 Å². The van der Waals surface area contributed by atoms with Crippen LogP contribution in [-0.4, -0.2) is 33.3 Å². The molecule has 0 atom stereocenters. The monoisotopic (exact) mass is 263 g/mol. The fourth-order valence-electron chi connectivity index (χ4n) is 1.60. The Morgan fingerprint density at radius 3 is 2.79 bits per heavy atom. The number of nitrogens with zero attached hydrogens (tertiary/aromatic N) is 4. The van der Waals surface area contributed by atoms with Gasteiger partial charge in [-0.25, -0.2) is 0 Å². The quantitative estimate of drug-likeness (QED) is 0.623. The van der Waals surface area contributed by atoms with Gasteiger partial charge in [-0.1, -0.05) is 0 Å². The van der Waals surface area contributed by atoms with Crippen LogP contribution < -0.4 is 10.1 Å². The minimum Gasteiger partial charge on any atom is -0.494 e. The normalized spacial score (nSPS) is 10.2. The molecule has 0 spiro atoms. The summed E-state index contributed by atoms with van der Waals surface area (Å²) < 4.78 is 6.95. The number of nitro benzene ring substituents is 1. The first-order valence-electron chi connectivity index (χ1n) is 5.59. The zero-order chi connectivity index (χ0) is 13.7. The molecular formula is C11H13N5O3. The summed E-state index contributed by atoms with van der Waals surface area (Å²) in [5.41, 5.74) is 0.711. The first-order valence-corrected chi connectivity index (χ1v) is 5.59. The van der Waals surface area contributed by atoms with Crippen molar-refractivity contribution in [1.82, 2.24) is 14.8 Å². The summed E-state index contributed by atoms with van der Waals surface area (Å²) in [5, 5.41) is 21.2. The molecule has 0 aliphatic carbocycles. The Hall–Kier alpha value is -2.64. The molecule has 0 amide bonds. The maximum absolute atomic E-state index is 10.7. The van der Waals surface area contributed by atoms with Crippen LogP contribution in [-0.2, 0) is 6.54 Å². The van der Waals surface area contributed by atoms with Crippen molar-refractivity contribution in [3.63, 3.8) is 0 Å². The van der Waals surface area contributed by atoms with Gasteiger partial charge in [0, 0.05) is 19.2 Å². The number of methoxy groups -OCH3 is 1. The maximum atomic E-state index is 10.7. The zero-order valence-corrected chi connectivity index (χ0v) is 10.3. The van der Waals surface area contributed by atoms with E-state index in [1.54, 1.807) is 18.7 Å². The molecule has 1 N–H and O–H groups in total. The largest absolute Gasteiger partial charge is 0.494 e. The lowest BCUT2D eigenvalue weighted by atomic mass is 10.2. The van der Waals surface area contributed by atoms with Gasteiger partial charge in [0.1, 0.15) is 18.4 Å². The van der Waals surface area contributed by atoms with Crippen LogP contribution in [0.25, 0.3) is 0 Å². The van der Waals surface area contributed by atoms with E-state index < -0.39 is 4.92 Å². The molecule has 8 heteroatoms. The van der Waals surface area contributed by atoms with Gasteiger partial charge in [-0.05, 0) is 6.07 Å². The molecule has 0 fully saturated rings. The molecule has 0 radical (unpaired) electrons. The maximum Gasteiger partial charge on any atom is 0.273 e. The summed E-state index contributed by atoms with van der Waals surface area (Å²) in [6.45, 7) is 1.32. The number of ether oxygens (including phenoxy) is 1. The van der Waals surface area contributed by atoms with E-state index >= 15 is 0 Å². The third kappa shape index (κ3) is 3.18. The number of non-ortho nitro benzene ring substituents is 1. The van der Waals surface area contributed by atoms with Gasteiger partial charge < -0.3 is 14.6 Å². The number of benzene rings is 1. The van der Waals surface area contributed by atoms with Gasteiger partial charge in [-0.3, -0.25) is 10.1 Å². The van der Waals surface area contributed by atoms with E-state index in [2.05, 4.69) is 15.5 Å². The van der Waals surface area contributed by atoms with Crippen molar-refractivity contribution in [1.29, 1.82) is 0 Å². The standard InChI is InChI=1S/C11H13N5O3/c1-19-11-6-9(16(17)18)2-3-10(11)12-4-5-15-7-13-14-8-15/h2-3,6-8,12H,4-5H2,1H3. The number of rotatable bonds is 6. The fourth-order valence-corrected chi connectivity index (χ4v) is 1.60. The van der Waals surface area contributed by atoms with Crippen molar-refractivity contribution in [2.45, 2.75) is 6.54 Å². The second-order valence-corrected chi connectivity index (χ2v) is 3.77. The molecule has 8 nitrogen and oxygen atoms in total. The summed E-state index contributed by atoms with van der Waals surface area (Å²) in [5.74, 6) is 0.443. The average Bonchev–Trinajstić information content (AvgIpc) is 2.92. The van der Waals surface area contributed by atoms with Gasteiger partial charge >= 0.3 is 0 Å². The lowest BCUT2D eigenvalue weighted by Crippen LogP contribution is -2.10. The van der Waals surface area contributed by atoms with Crippen LogP contribution in [0.3, 0.4) is 0 Å². The summed E-state index contributed by atoms with van der Waals surface area (Å²) >= 11 is 0. The molecule has 0 unspecified atom stereocenters. The minimum atomic E-state index is -0.455. The third-order valence-corrected chi connectivity index (χ3v) is 2.55. The van der Waals surface area contributed by atoms with E-state index in [4.69, 9.17) is 4.74 Å². The van der Waals surface area contributed by atoms with E-state index in [0.29, 0.717) is 24.5 Å². The average molecular weight is 263 g/mol. The molecule has 0 saturated carbocycles. The van der Waals surface area contributed by atoms with E-state index in [1.807, 2.05) is 4.57 Å².